The molecule has 1 N–H and O–H groups in total. The maximum absolute atomic E-state index is 13.5. The lowest BCUT2D eigenvalue weighted by Crippen LogP contribution is -2.62. The van der Waals surface area contributed by atoms with Gasteiger partial charge in [-0.05, 0) is 70.6 Å². The fraction of sp³-hybridized carbons (Fsp3) is 0.793. The predicted molar refractivity (Wildman–Crippen MR) is 140 cm³/mol. The number of carbonyl (C=O) groups is 4. The number of piperidine rings is 1. The van der Waals surface area contributed by atoms with E-state index in [0.29, 0.717) is 57.3 Å². The smallest absolute Gasteiger partial charge is 0.328 e. The maximum Gasteiger partial charge on any atom is 0.328 e. The lowest BCUT2D eigenvalue weighted by molar-refractivity contribution is -0.287. The van der Waals surface area contributed by atoms with Gasteiger partial charge in [-0.15, -0.1) is 0 Å². The van der Waals surface area contributed by atoms with Crippen LogP contribution in [0.1, 0.15) is 91.4 Å². The predicted octanol–water partition coefficient (Wildman–Crippen LogP) is 3.50. The Balaban J connectivity index is 1.84. The molecular weight excluding hydrogens is 490 g/mol. The van der Waals surface area contributed by atoms with Crippen molar-refractivity contribution in [2.75, 3.05) is 20.3 Å². The van der Waals surface area contributed by atoms with Crippen LogP contribution in [0.25, 0.3) is 0 Å². The number of allylic oxidation sites excluding steroid dienone is 2. The second kappa shape index (κ2) is 13.8. The monoisotopic (exact) mass is 535 g/mol. The Morgan fingerprint density at radius 1 is 1.05 bits per heavy atom. The van der Waals surface area contributed by atoms with Gasteiger partial charge in [0.15, 0.2) is 0 Å². The van der Waals surface area contributed by atoms with Gasteiger partial charge in [-0.3, -0.25) is 14.4 Å². The fourth-order valence-electron chi connectivity index (χ4n) is 5.82. The van der Waals surface area contributed by atoms with Crippen molar-refractivity contribution in [2.45, 2.75) is 115 Å². The number of fused-ring (bicyclic) bond motifs is 3. The van der Waals surface area contributed by atoms with E-state index in [0.717, 1.165) is 24.8 Å². The van der Waals surface area contributed by atoms with Crippen LogP contribution in [0.5, 0.6) is 0 Å². The zero-order valence-electron chi connectivity index (χ0n) is 23.4. The van der Waals surface area contributed by atoms with Crippen LogP contribution in [0.15, 0.2) is 11.6 Å². The first-order valence-corrected chi connectivity index (χ1v) is 14.2. The minimum absolute atomic E-state index is 0.148. The summed E-state index contributed by atoms with van der Waals surface area (Å²) in [6.07, 6.45) is 7.33. The van der Waals surface area contributed by atoms with Crippen molar-refractivity contribution in [3.8, 4) is 0 Å². The number of esters is 1. The molecule has 3 heterocycles. The average Bonchev–Trinajstić information content (AvgIpc) is 2.90. The van der Waals surface area contributed by atoms with E-state index in [1.54, 1.807) is 14.0 Å². The fourth-order valence-corrected chi connectivity index (χ4v) is 5.82. The molecule has 2 saturated heterocycles. The summed E-state index contributed by atoms with van der Waals surface area (Å²) in [5.41, 5.74) is 1.14. The van der Waals surface area contributed by atoms with Crippen LogP contribution in [0, 0.1) is 11.8 Å². The molecule has 6 atom stereocenters. The number of rotatable bonds is 1. The van der Waals surface area contributed by atoms with Crippen molar-refractivity contribution in [2.24, 2.45) is 11.8 Å². The molecule has 0 radical (unpaired) electrons. The summed E-state index contributed by atoms with van der Waals surface area (Å²) in [4.78, 5) is 53.3. The normalized spacial score (nSPS) is 36.9. The molecule has 2 bridgehead atoms. The van der Waals surface area contributed by atoms with E-state index in [2.05, 4.69) is 6.92 Å². The molecule has 3 aliphatic rings. The number of hydrogen-bond acceptors (Lipinski definition) is 8. The number of ether oxygens (including phenoxy) is 3. The maximum atomic E-state index is 13.5. The molecule has 6 unspecified atom stereocenters. The molecule has 0 aromatic carbocycles. The number of cyclic esters (lactones) is 1. The van der Waals surface area contributed by atoms with Gasteiger partial charge in [0.05, 0.1) is 18.8 Å². The van der Waals surface area contributed by atoms with Gasteiger partial charge in [-0.2, -0.15) is 0 Å². The zero-order valence-corrected chi connectivity index (χ0v) is 23.4. The molecule has 38 heavy (non-hydrogen) atoms. The third kappa shape index (κ3) is 7.51. The molecule has 0 spiro atoms. The molecule has 214 valence electrons. The van der Waals surface area contributed by atoms with E-state index in [1.807, 2.05) is 13.0 Å². The molecule has 2 fully saturated rings. The Labute approximate surface area is 226 Å². The number of carbonyl (C=O) groups excluding carboxylic acids is 4. The van der Waals surface area contributed by atoms with Crippen molar-refractivity contribution in [1.82, 2.24) is 4.90 Å². The van der Waals surface area contributed by atoms with Crippen molar-refractivity contribution in [3.05, 3.63) is 11.6 Å². The largest absolute Gasteiger partial charge is 0.464 e. The molecular formula is C29H45NO8. The van der Waals surface area contributed by atoms with Gasteiger partial charge in [-0.25, -0.2) is 4.79 Å². The quantitative estimate of drug-likeness (QED) is 0.308. The summed E-state index contributed by atoms with van der Waals surface area (Å²) in [6.45, 7) is 6.20. The van der Waals surface area contributed by atoms with Crippen LogP contribution >= 0.6 is 0 Å². The first-order valence-electron chi connectivity index (χ1n) is 14.2. The third-order valence-electron chi connectivity index (χ3n) is 8.24. The van der Waals surface area contributed by atoms with Crippen molar-refractivity contribution >= 4 is 23.4 Å². The number of hydrogen-bond donors (Lipinski definition) is 1. The van der Waals surface area contributed by atoms with Crippen molar-refractivity contribution < 1.29 is 38.5 Å². The lowest BCUT2D eigenvalue weighted by atomic mass is 9.83. The van der Waals surface area contributed by atoms with Gasteiger partial charge in [-0.1, -0.05) is 25.5 Å². The van der Waals surface area contributed by atoms with E-state index >= 15 is 0 Å². The Morgan fingerprint density at radius 2 is 1.82 bits per heavy atom. The zero-order chi connectivity index (χ0) is 27.9. The number of Topliss-reactive ketones (excluding diaryl/α,β-unsaturated/α-hetero) is 2. The first-order chi connectivity index (χ1) is 18.1. The SMILES string of the molecule is COC1CC(C)C2(O)OC1CCC(C)C/C(C)=C/CC(=O)CCCCOC(=O)C1CCCCN1C(=O)C2=O. The Hall–Kier alpha value is -2.10. The van der Waals surface area contributed by atoms with Gasteiger partial charge in [0.2, 0.25) is 5.79 Å². The topological polar surface area (TPSA) is 119 Å². The number of methoxy groups -OCH3 is 1. The average molecular weight is 536 g/mol. The Kier molecular flexibility index (Phi) is 11.1. The van der Waals surface area contributed by atoms with Crippen LogP contribution in [0.4, 0.5) is 0 Å². The van der Waals surface area contributed by atoms with Crippen LogP contribution in [-0.2, 0) is 33.4 Å². The standard InChI is InChI=1S/C29H45NO8/c1-19-11-13-22(31)9-6-8-16-37-28(34)23-10-5-7-15-30(23)27(33)26(32)29(35)21(3)18-25(36-4)24(38-29)14-12-20(2)17-19/h11,20-21,23-25,35H,5-10,12-18H2,1-4H3/b19-11+. The van der Waals surface area contributed by atoms with Gasteiger partial charge in [0.25, 0.3) is 11.7 Å². The van der Waals surface area contributed by atoms with Crippen molar-refractivity contribution in [3.63, 3.8) is 0 Å². The minimum atomic E-state index is -2.29. The Morgan fingerprint density at radius 3 is 2.55 bits per heavy atom. The van der Waals surface area contributed by atoms with Crippen LogP contribution in [0.2, 0.25) is 0 Å². The van der Waals surface area contributed by atoms with Gasteiger partial charge < -0.3 is 24.2 Å². The molecule has 3 aliphatic heterocycles. The second-order valence-electron chi connectivity index (χ2n) is 11.4. The third-order valence-corrected chi connectivity index (χ3v) is 8.24. The molecule has 0 aliphatic carbocycles. The summed E-state index contributed by atoms with van der Waals surface area (Å²) in [6, 6.07) is -0.880. The van der Waals surface area contributed by atoms with E-state index in [9.17, 15) is 24.3 Å². The van der Waals surface area contributed by atoms with E-state index < -0.39 is 41.5 Å². The number of aliphatic hydroxyl groups is 1. The van der Waals surface area contributed by atoms with E-state index in [1.165, 1.54) is 4.90 Å². The van der Waals surface area contributed by atoms with Crippen LogP contribution in [-0.4, -0.2) is 77.7 Å². The van der Waals surface area contributed by atoms with Gasteiger partial charge in [0, 0.05) is 32.4 Å². The highest BCUT2D eigenvalue weighted by atomic mass is 16.7. The highest BCUT2D eigenvalue weighted by Crippen LogP contribution is 2.37. The van der Waals surface area contributed by atoms with Crippen LogP contribution in [0.3, 0.4) is 0 Å². The lowest BCUT2D eigenvalue weighted by Gasteiger charge is -2.45. The van der Waals surface area contributed by atoms with Crippen molar-refractivity contribution in [1.29, 1.82) is 0 Å². The summed E-state index contributed by atoms with van der Waals surface area (Å²) in [7, 11) is 1.58. The molecule has 1 amide bonds. The van der Waals surface area contributed by atoms with Crippen LogP contribution < -0.4 is 0 Å². The molecule has 9 heteroatoms. The Bertz CT molecular complexity index is 901. The van der Waals surface area contributed by atoms with Gasteiger partial charge >= 0.3 is 5.97 Å². The molecule has 0 aromatic rings. The number of nitrogens with zero attached hydrogens (tertiary/aromatic N) is 1. The first kappa shape index (κ1) is 30.4. The summed E-state index contributed by atoms with van der Waals surface area (Å²) in [5, 5.41) is 11.5. The molecule has 0 saturated carbocycles. The molecule has 3 rings (SSSR count). The van der Waals surface area contributed by atoms with Gasteiger partial charge in [0.1, 0.15) is 11.8 Å². The summed E-state index contributed by atoms with van der Waals surface area (Å²) in [5.74, 6) is -5.03. The molecule has 9 nitrogen and oxygen atoms in total. The second-order valence-corrected chi connectivity index (χ2v) is 11.4. The highest BCUT2D eigenvalue weighted by molar-refractivity contribution is 6.39. The molecule has 0 aromatic heterocycles. The highest BCUT2D eigenvalue weighted by Gasteiger charge is 2.54. The number of amides is 1. The summed E-state index contributed by atoms with van der Waals surface area (Å²) >= 11 is 0. The van der Waals surface area contributed by atoms with E-state index in [4.69, 9.17) is 14.2 Å². The van der Waals surface area contributed by atoms with E-state index in [-0.39, 0.29) is 25.0 Å². The summed E-state index contributed by atoms with van der Waals surface area (Å²) < 4.78 is 17.1. The number of ketones is 2. The minimum Gasteiger partial charge on any atom is -0.464 e.